The van der Waals surface area contributed by atoms with Crippen LogP contribution in [0.3, 0.4) is 0 Å². The van der Waals surface area contributed by atoms with Crippen molar-refractivity contribution in [3.05, 3.63) is 44.2 Å². The van der Waals surface area contributed by atoms with Crippen molar-refractivity contribution >= 4 is 51.3 Å². The van der Waals surface area contributed by atoms with Crippen molar-refractivity contribution in [2.24, 2.45) is 7.05 Å². The van der Waals surface area contributed by atoms with Gasteiger partial charge >= 0.3 is 0 Å². The highest BCUT2D eigenvalue weighted by Gasteiger charge is 2.20. The van der Waals surface area contributed by atoms with Gasteiger partial charge in [0.05, 0.1) is 15.7 Å². The standard InChI is InChI=1S/C13H14Cl2N4OS/c1-18(2)11(16)9-12(21-19(3)13(9)20)17-10-7(14)5-4-6-8(10)15/h4-6,16-17H,1-3H3. The van der Waals surface area contributed by atoms with E-state index in [2.05, 4.69) is 5.32 Å². The van der Waals surface area contributed by atoms with Gasteiger partial charge in [0.15, 0.2) is 0 Å². The van der Waals surface area contributed by atoms with Crippen molar-refractivity contribution in [1.82, 2.24) is 8.86 Å². The van der Waals surface area contributed by atoms with Crippen molar-refractivity contribution < 1.29 is 0 Å². The fourth-order valence-corrected chi connectivity index (χ4v) is 3.09. The Morgan fingerprint density at radius 2 is 1.90 bits per heavy atom. The van der Waals surface area contributed by atoms with Crippen LogP contribution in [0, 0.1) is 5.41 Å². The fourth-order valence-electron chi connectivity index (χ4n) is 1.73. The Balaban J connectivity index is 2.53. The summed E-state index contributed by atoms with van der Waals surface area (Å²) in [6.07, 6.45) is 0. The maximum Gasteiger partial charge on any atom is 0.273 e. The van der Waals surface area contributed by atoms with Crippen LogP contribution in [0.1, 0.15) is 5.56 Å². The van der Waals surface area contributed by atoms with E-state index < -0.39 is 0 Å². The molecule has 1 aromatic heterocycles. The molecule has 0 amide bonds. The summed E-state index contributed by atoms with van der Waals surface area (Å²) in [5, 5.41) is 12.6. The average molecular weight is 345 g/mol. The van der Waals surface area contributed by atoms with E-state index in [1.54, 1.807) is 44.2 Å². The number of para-hydroxylation sites is 1. The molecule has 0 bridgehead atoms. The van der Waals surface area contributed by atoms with Crippen LogP contribution in [0.4, 0.5) is 10.7 Å². The van der Waals surface area contributed by atoms with Gasteiger partial charge in [-0.15, -0.1) is 0 Å². The quantitative estimate of drug-likeness (QED) is 0.662. The third-order valence-corrected chi connectivity index (χ3v) is 4.40. The highest BCUT2D eigenvalue weighted by molar-refractivity contribution is 7.11. The Labute approximate surface area is 136 Å². The molecule has 2 rings (SSSR count). The van der Waals surface area contributed by atoms with Gasteiger partial charge in [0.2, 0.25) is 0 Å². The summed E-state index contributed by atoms with van der Waals surface area (Å²) in [4.78, 5) is 13.8. The Morgan fingerprint density at radius 3 is 2.43 bits per heavy atom. The van der Waals surface area contributed by atoms with Crippen LogP contribution in [-0.4, -0.2) is 28.8 Å². The largest absolute Gasteiger partial charge is 0.362 e. The topological polar surface area (TPSA) is 61.1 Å². The fraction of sp³-hybridized carbons (Fsp3) is 0.231. The minimum Gasteiger partial charge on any atom is -0.362 e. The summed E-state index contributed by atoms with van der Waals surface area (Å²) >= 11 is 13.5. The van der Waals surface area contributed by atoms with Crippen LogP contribution >= 0.6 is 34.7 Å². The highest BCUT2D eigenvalue weighted by Crippen LogP contribution is 2.34. The second-order valence-electron chi connectivity index (χ2n) is 4.56. The summed E-state index contributed by atoms with van der Waals surface area (Å²) in [7, 11) is 5.08. The molecule has 0 aliphatic carbocycles. The first-order chi connectivity index (χ1) is 9.82. The molecule has 2 N–H and O–H groups in total. The minimum absolute atomic E-state index is 0.127. The van der Waals surface area contributed by atoms with Crippen LogP contribution in [0.2, 0.25) is 10.0 Å². The zero-order valence-corrected chi connectivity index (χ0v) is 14.0. The highest BCUT2D eigenvalue weighted by atomic mass is 35.5. The van der Waals surface area contributed by atoms with E-state index in [1.165, 1.54) is 15.5 Å². The Bertz CT molecular complexity index is 731. The predicted octanol–water partition coefficient (Wildman–Crippen LogP) is 3.38. The van der Waals surface area contributed by atoms with Crippen LogP contribution in [0.5, 0.6) is 0 Å². The zero-order valence-electron chi connectivity index (χ0n) is 11.7. The number of anilines is 2. The number of nitrogens with one attached hydrogen (secondary N) is 2. The second-order valence-corrected chi connectivity index (χ2v) is 6.52. The molecule has 21 heavy (non-hydrogen) atoms. The maximum absolute atomic E-state index is 12.2. The molecule has 1 aromatic carbocycles. The van der Waals surface area contributed by atoms with Gasteiger partial charge in [0.25, 0.3) is 5.56 Å². The number of hydrogen-bond donors (Lipinski definition) is 2. The predicted molar refractivity (Wildman–Crippen MR) is 89.8 cm³/mol. The lowest BCUT2D eigenvalue weighted by Gasteiger charge is -2.14. The molecular weight excluding hydrogens is 331 g/mol. The molecule has 1 heterocycles. The molecule has 0 spiro atoms. The van der Waals surface area contributed by atoms with Crippen molar-refractivity contribution in [2.45, 2.75) is 0 Å². The lowest BCUT2D eigenvalue weighted by Crippen LogP contribution is -2.28. The van der Waals surface area contributed by atoms with Crippen LogP contribution in [-0.2, 0) is 7.05 Å². The molecule has 0 aliphatic heterocycles. The molecule has 0 atom stereocenters. The van der Waals surface area contributed by atoms with Gasteiger partial charge in [-0.25, -0.2) is 0 Å². The van der Waals surface area contributed by atoms with E-state index in [-0.39, 0.29) is 11.4 Å². The molecule has 112 valence electrons. The second kappa shape index (κ2) is 6.09. The van der Waals surface area contributed by atoms with Gasteiger partial charge in [-0.05, 0) is 23.7 Å². The molecule has 0 fully saturated rings. The number of hydrogen-bond acceptors (Lipinski definition) is 4. The number of halogens is 2. The first-order valence-corrected chi connectivity index (χ1v) is 7.53. The maximum atomic E-state index is 12.2. The normalized spacial score (nSPS) is 10.5. The van der Waals surface area contributed by atoms with E-state index >= 15 is 0 Å². The number of amidine groups is 1. The number of rotatable bonds is 3. The van der Waals surface area contributed by atoms with Crippen molar-refractivity contribution in [1.29, 1.82) is 5.41 Å². The van der Waals surface area contributed by atoms with E-state index in [0.717, 1.165) is 0 Å². The van der Waals surface area contributed by atoms with E-state index in [0.29, 0.717) is 26.3 Å². The smallest absolute Gasteiger partial charge is 0.273 e. The van der Waals surface area contributed by atoms with E-state index in [9.17, 15) is 4.79 Å². The van der Waals surface area contributed by atoms with Gasteiger partial charge in [-0.3, -0.25) is 14.2 Å². The number of aromatic nitrogens is 1. The molecule has 5 nitrogen and oxygen atoms in total. The Kier molecular flexibility index (Phi) is 4.61. The molecule has 0 unspecified atom stereocenters. The third kappa shape index (κ3) is 3.07. The van der Waals surface area contributed by atoms with Gasteiger partial charge in [0.1, 0.15) is 16.4 Å². The summed E-state index contributed by atoms with van der Waals surface area (Å²) in [6.45, 7) is 0. The summed E-state index contributed by atoms with van der Waals surface area (Å²) < 4.78 is 1.46. The van der Waals surface area contributed by atoms with Gasteiger partial charge in [0, 0.05) is 21.1 Å². The minimum atomic E-state index is -0.232. The third-order valence-electron chi connectivity index (χ3n) is 2.84. The molecule has 2 aromatic rings. The first kappa shape index (κ1) is 15.9. The molecule has 0 saturated carbocycles. The van der Waals surface area contributed by atoms with Crippen molar-refractivity contribution in [3.63, 3.8) is 0 Å². The van der Waals surface area contributed by atoms with Gasteiger partial charge in [-0.2, -0.15) is 0 Å². The van der Waals surface area contributed by atoms with Crippen LogP contribution in [0.15, 0.2) is 23.0 Å². The molecule has 0 radical (unpaired) electrons. The molecule has 8 heteroatoms. The van der Waals surface area contributed by atoms with E-state index in [4.69, 9.17) is 28.6 Å². The summed E-state index contributed by atoms with van der Waals surface area (Å²) in [5.74, 6) is 0.127. The molecule has 0 saturated heterocycles. The van der Waals surface area contributed by atoms with Crippen molar-refractivity contribution in [3.8, 4) is 0 Å². The zero-order chi connectivity index (χ0) is 15.7. The molecular formula is C13H14Cl2N4OS. The van der Waals surface area contributed by atoms with E-state index in [1.807, 2.05) is 0 Å². The monoisotopic (exact) mass is 344 g/mol. The number of aryl methyl sites for hydroxylation is 1. The van der Waals surface area contributed by atoms with Gasteiger partial charge in [-0.1, -0.05) is 29.3 Å². The van der Waals surface area contributed by atoms with Crippen LogP contribution < -0.4 is 10.9 Å². The van der Waals surface area contributed by atoms with Crippen molar-refractivity contribution in [2.75, 3.05) is 19.4 Å². The van der Waals surface area contributed by atoms with Gasteiger partial charge < -0.3 is 10.2 Å². The molecule has 0 aliphatic rings. The van der Waals surface area contributed by atoms with Crippen LogP contribution in [0.25, 0.3) is 0 Å². The number of nitrogens with zero attached hydrogens (tertiary/aromatic N) is 2. The Morgan fingerprint density at radius 1 is 1.33 bits per heavy atom. The SMILES string of the molecule is CN(C)C(=N)c1c(Nc2c(Cl)cccc2Cl)sn(C)c1=O. The summed E-state index contributed by atoms with van der Waals surface area (Å²) in [5.41, 5.74) is 0.586. The summed E-state index contributed by atoms with van der Waals surface area (Å²) in [6, 6.07) is 5.16. The number of benzene rings is 1. The first-order valence-electron chi connectivity index (χ1n) is 6.00. The Hall–Kier alpha value is -1.50. The lowest BCUT2D eigenvalue weighted by molar-refractivity contribution is 0.618. The average Bonchev–Trinajstić information content (AvgIpc) is 2.68. The lowest BCUT2D eigenvalue weighted by atomic mass is 10.2.